The molecule has 142 valence electrons. The third-order valence-corrected chi connectivity index (χ3v) is 6.03. The maximum absolute atomic E-state index is 12.9. The molecule has 0 radical (unpaired) electrons. The van der Waals surface area contributed by atoms with Crippen LogP contribution in [-0.2, 0) is 0 Å². The highest BCUT2D eigenvalue weighted by molar-refractivity contribution is 5.94. The molecule has 1 atom stereocenters. The third kappa shape index (κ3) is 2.99. The Kier molecular flexibility index (Phi) is 4.20. The van der Waals surface area contributed by atoms with Crippen molar-refractivity contribution in [2.75, 3.05) is 19.6 Å². The van der Waals surface area contributed by atoms with E-state index in [-0.39, 0.29) is 17.5 Å². The minimum absolute atomic E-state index is 0.132. The third-order valence-electron chi connectivity index (χ3n) is 6.03. The topological polar surface area (TPSA) is 67.2 Å². The summed E-state index contributed by atoms with van der Waals surface area (Å²) in [5.74, 6) is 0.966. The van der Waals surface area contributed by atoms with Crippen LogP contribution in [0.25, 0.3) is 16.6 Å². The summed E-state index contributed by atoms with van der Waals surface area (Å²) in [6.45, 7) is 3.18. The fraction of sp³-hybridized carbons (Fsp3) is 0.318. The first-order chi connectivity index (χ1) is 13.7. The number of amides is 1. The molecule has 28 heavy (non-hydrogen) atoms. The van der Waals surface area contributed by atoms with Gasteiger partial charge in [0.25, 0.3) is 11.5 Å². The Morgan fingerprint density at radius 1 is 1.07 bits per heavy atom. The van der Waals surface area contributed by atoms with Gasteiger partial charge in [0.15, 0.2) is 0 Å². The number of nitrogens with zero attached hydrogens (tertiary/aromatic N) is 3. The molecule has 0 spiro atoms. The Labute approximate surface area is 162 Å². The molecule has 6 heteroatoms. The summed E-state index contributed by atoms with van der Waals surface area (Å²) in [6.07, 6.45) is 5.58. The van der Waals surface area contributed by atoms with Gasteiger partial charge in [-0.25, -0.2) is 4.98 Å². The minimum Gasteiger partial charge on any atom is -0.348 e. The smallest absolute Gasteiger partial charge is 0.256 e. The van der Waals surface area contributed by atoms with Crippen molar-refractivity contribution in [3.8, 4) is 5.82 Å². The standard InChI is InChI=1S/C22H22N4O2/c27-20-6-5-17(22(28)24-19-14-25-11-8-16(19)9-12-25)13-26(20)21-18-4-2-1-3-15(18)7-10-23-21/h1-7,10,13,16,19H,8-9,11-12,14H2,(H,24,28). The fourth-order valence-corrected chi connectivity index (χ4v) is 4.46. The molecule has 3 aromatic rings. The highest BCUT2D eigenvalue weighted by Gasteiger charge is 2.35. The molecule has 6 rings (SSSR count). The van der Waals surface area contributed by atoms with E-state index in [4.69, 9.17) is 0 Å². The van der Waals surface area contributed by atoms with E-state index < -0.39 is 0 Å². The average Bonchev–Trinajstić information content (AvgIpc) is 2.74. The molecule has 3 aliphatic heterocycles. The van der Waals surface area contributed by atoms with Gasteiger partial charge in [0.1, 0.15) is 5.82 Å². The molecule has 3 fully saturated rings. The van der Waals surface area contributed by atoms with Gasteiger partial charge in [0, 0.05) is 36.4 Å². The van der Waals surface area contributed by atoms with Crippen molar-refractivity contribution >= 4 is 16.7 Å². The highest BCUT2D eigenvalue weighted by atomic mass is 16.2. The zero-order valence-corrected chi connectivity index (χ0v) is 15.5. The van der Waals surface area contributed by atoms with E-state index in [1.165, 1.54) is 10.6 Å². The van der Waals surface area contributed by atoms with E-state index in [0.29, 0.717) is 17.3 Å². The first-order valence-corrected chi connectivity index (χ1v) is 9.79. The second-order valence-electron chi connectivity index (χ2n) is 7.70. The molecule has 0 saturated carbocycles. The summed E-state index contributed by atoms with van der Waals surface area (Å²) < 4.78 is 1.47. The van der Waals surface area contributed by atoms with Gasteiger partial charge in [-0.3, -0.25) is 14.2 Å². The van der Waals surface area contributed by atoms with E-state index in [2.05, 4.69) is 15.2 Å². The van der Waals surface area contributed by atoms with Gasteiger partial charge in [-0.15, -0.1) is 0 Å². The summed E-state index contributed by atoms with van der Waals surface area (Å²) >= 11 is 0. The summed E-state index contributed by atoms with van der Waals surface area (Å²) in [5, 5.41) is 5.06. The monoisotopic (exact) mass is 374 g/mol. The van der Waals surface area contributed by atoms with Crippen molar-refractivity contribution < 1.29 is 4.79 Å². The Hall–Kier alpha value is -2.99. The molecule has 0 aliphatic carbocycles. The molecule has 5 heterocycles. The number of hydrogen-bond acceptors (Lipinski definition) is 4. The largest absolute Gasteiger partial charge is 0.348 e. The fourth-order valence-electron chi connectivity index (χ4n) is 4.46. The molecule has 2 bridgehead atoms. The SMILES string of the molecule is O=C(NC1CN2CCC1CC2)c1ccc(=O)n(-c2nccc3ccccc23)c1. The van der Waals surface area contributed by atoms with Crippen LogP contribution in [-0.4, -0.2) is 46.0 Å². The Balaban J connectivity index is 1.47. The maximum Gasteiger partial charge on any atom is 0.256 e. The summed E-state index contributed by atoms with van der Waals surface area (Å²) in [6, 6.07) is 12.9. The van der Waals surface area contributed by atoms with Crippen molar-refractivity contribution in [3.63, 3.8) is 0 Å². The van der Waals surface area contributed by atoms with E-state index >= 15 is 0 Å². The van der Waals surface area contributed by atoms with Crippen LogP contribution >= 0.6 is 0 Å². The number of carbonyl (C=O) groups is 1. The van der Waals surface area contributed by atoms with Gasteiger partial charge in [0.05, 0.1) is 5.56 Å². The number of fused-ring (bicyclic) bond motifs is 4. The number of pyridine rings is 2. The zero-order valence-electron chi connectivity index (χ0n) is 15.5. The zero-order chi connectivity index (χ0) is 19.1. The molecular formula is C22H22N4O2. The lowest BCUT2D eigenvalue weighted by Crippen LogP contribution is -2.57. The van der Waals surface area contributed by atoms with Crippen LogP contribution in [0.5, 0.6) is 0 Å². The molecule has 1 aromatic carbocycles. The summed E-state index contributed by atoms with van der Waals surface area (Å²) in [5.41, 5.74) is 0.272. The summed E-state index contributed by atoms with van der Waals surface area (Å²) in [4.78, 5) is 32.2. The molecule has 2 aromatic heterocycles. The molecular weight excluding hydrogens is 352 g/mol. The Morgan fingerprint density at radius 3 is 2.68 bits per heavy atom. The van der Waals surface area contributed by atoms with Gasteiger partial charge in [0.2, 0.25) is 0 Å². The molecule has 1 N–H and O–H groups in total. The first-order valence-electron chi connectivity index (χ1n) is 9.79. The minimum atomic E-state index is -0.205. The number of hydrogen-bond donors (Lipinski definition) is 1. The molecule has 6 nitrogen and oxygen atoms in total. The Morgan fingerprint density at radius 2 is 1.89 bits per heavy atom. The first kappa shape index (κ1) is 17.1. The Bertz CT molecular complexity index is 1090. The predicted octanol–water partition coefficient (Wildman–Crippen LogP) is 2.21. The van der Waals surface area contributed by atoms with Crippen LogP contribution in [0.4, 0.5) is 0 Å². The van der Waals surface area contributed by atoms with Crippen molar-refractivity contribution in [2.45, 2.75) is 18.9 Å². The van der Waals surface area contributed by atoms with Crippen LogP contribution in [0.1, 0.15) is 23.2 Å². The van der Waals surface area contributed by atoms with Crippen LogP contribution in [0.3, 0.4) is 0 Å². The predicted molar refractivity (Wildman–Crippen MR) is 108 cm³/mol. The maximum atomic E-state index is 12.9. The molecule has 1 amide bonds. The van der Waals surface area contributed by atoms with E-state index in [9.17, 15) is 9.59 Å². The van der Waals surface area contributed by atoms with Crippen molar-refractivity contribution in [2.24, 2.45) is 5.92 Å². The number of rotatable bonds is 3. The van der Waals surface area contributed by atoms with Gasteiger partial charge < -0.3 is 10.2 Å². The normalized spacial score (nSPS) is 23.6. The van der Waals surface area contributed by atoms with Gasteiger partial charge in [-0.2, -0.15) is 0 Å². The quantitative estimate of drug-likeness (QED) is 0.763. The van der Waals surface area contributed by atoms with Crippen LogP contribution in [0.15, 0.2) is 59.7 Å². The second kappa shape index (κ2) is 6.87. The molecule has 1 unspecified atom stereocenters. The highest BCUT2D eigenvalue weighted by Crippen LogP contribution is 2.27. The number of carbonyl (C=O) groups excluding carboxylic acids is 1. The van der Waals surface area contributed by atoms with Gasteiger partial charge in [-0.1, -0.05) is 24.3 Å². The molecule has 3 saturated heterocycles. The van der Waals surface area contributed by atoms with Crippen LogP contribution in [0, 0.1) is 5.92 Å². The lowest BCUT2D eigenvalue weighted by atomic mass is 9.84. The van der Waals surface area contributed by atoms with Crippen molar-refractivity contribution in [1.82, 2.24) is 19.8 Å². The van der Waals surface area contributed by atoms with E-state index in [0.717, 1.165) is 43.2 Å². The number of piperidine rings is 3. The second-order valence-corrected chi connectivity index (χ2v) is 7.70. The van der Waals surface area contributed by atoms with Crippen LogP contribution < -0.4 is 10.9 Å². The lowest BCUT2D eigenvalue weighted by Gasteiger charge is -2.44. The lowest BCUT2D eigenvalue weighted by molar-refractivity contribution is 0.0620. The number of nitrogens with one attached hydrogen (secondary N) is 1. The summed E-state index contributed by atoms with van der Waals surface area (Å²) in [7, 11) is 0. The van der Waals surface area contributed by atoms with Crippen LogP contribution in [0.2, 0.25) is 0 Å². The molecule has 3 aliphatic rings. The number of benzene rings is 1. The van der Waals surface area contributed by atoms with E-state index in [1.807, 2.05) is 30.3 Å². The van der Waals surface area contributed by atoms with Crippen molar-refractivity contribution in [1.29, 1.82) is 0 Å². The van der Waals surface area contributed by atoms with Crippen molar-refractivity contribution in [3.05, 3.63) is 70.8 Å². The van der Waals surface area contributed by atoms with Gasteiger partial charge in [-0.05, 0) is 49.4 Å². The van der Waals surface area contributed by atoms with Gasteiger partial charge >= 0.3 is 0 Å². The number of aromatic nitrogens is 2. The average molecular weight is 374 g/mol. The van der Waals surface area contributed by atoms with E-state index in [1.54, 1.807) is 18.5 Å².